The summed E-state index contributed by atoms with van der Waals surface area (Å²) in [7, 11) is 3.60. The summed E-state index contributed by atoms with van der Waals surface area (Å²) in [6.07, 6.45) is 2.09. The van der Waals surface area contributed by atoms with Crippen molar-refractivity contribution in [2.75, 3.05) is 14.2 Å². The maximum atomic E-state index is 13.4. The van der Waals surface area contributed by atoms with Crippen LogP contribution in [0, 0.1) is 12.8 Å². The molecule has 1 unspecified atom stereocenters. The molecular weight excluding hydrogens is 605 g/mol. The number of hydrogen-bond acceptors (Lipinski definition) is 8. The van der Waals surface area contributed by atoms with Crippen molar-refractivity contribution in [1.82, 2.24) is 4.90 Å². The molecule has 2 aromatic carbocycles. The summed E-state index contributed by atoms with van der Waals surface area (Å²) in [5, 5.41) is -0.0146. The van der Waals surface area contributed by atoms with Crippen LogP contribution in [0.25, 0.3) is 0 Å². The smallest absolute Gasteiger partial charge is 0.308 e. The molecule has 5 rings (SSSR count). The first-order chi connectivity index (χ1) is 17.5. The topological polar surface area (TPSA) is 82.1 Å². The van der Waals surface area contributed by atoms with Gasteiger partial charge in [-0.3, -0.25) is 19.3 Å². The number of likely N-dealkylation sites (tertiary alicyclic amines) is 1. The maximum absolute atomic E-state index is 13.4. The van der Waals surface area contributed by atoms with E-state index in [1.165, 1.54) is 26.5 Å². The van der Waals surface area contributed by atoms with Crippen LogP contribution in [0.2, 0.25) is 0 Å². The van der Waals surface area contributed by atoms with Crippen molar-refractivity contribution in [1.29, 1.82) is 0 Å². The number of nitrogens with zero attached hydrogens (tertiary/aromatic N) is 1. The Morgan fingerprint density at radius 2 is 1.86 bits per heavy atom. The average molecular weight is 634 g/mol. The van der Waals surface area contributed by atoms with Gasteiger partial charge in [0.2, 0.25) is 0 Å². The highest BCUT2D eigenvalue weighted by molar-refractivity contribution is 14.1. The number of aryl methyl sites for hydroxylation is 1. The zero-order valence-corrected chi connectivity index (χ0v) is 24.2. The van der Waals surface area contributed by atoms with Crippen molar-refractivity contribution in [3.63, 3.8) is 0 Å². The number of ketones is 1. The Morgan fingerprint density at radius 3 is 2.51 bits per heavy atom. The fraction of sp³-hybridized carbons (Fsp3) is 0.393. The molecule has 37 heavy (non-hydrogen) atoms. The molecule has 194 valence electrons. The van der Waals surface area contributed by atoms with E-state index < -0.39 is 15.4 Å². The van der Waals surface area contributed by atoms with Crippen molar-refractivity contribution < 1.29 is 28.6 Å². The van der Waals surface area contributed by atoms with Crippen LogP contribution in [0.5, 0.6) is 11.5 Å². The van der Waals surface area contributed by atoms with Gasteiger partial charge < -0.3 is 14.2 Å². The highest BCUT2D eigenvalue weighted by atomic mass is 127. The molecule has 0 amide bonds. The Kier molecular flexibility index (Phi) is 6.91. The SMILES string of the molecule is COC1=CC2[C@@H]3[C@H]([C@H](Sc4cccc(C)c4)c4ccc(OC(C)=O)c(OC(C)=O)c4[C@]3(I)CC1=O)N2C. The molecule has 0 N–H and O–H groups in total. The molecule has 5 atom stereocenters. The van der Waals surface area contributed by atoms with Crippen LogP contribution in [0.4, 0.5) is 0 Å². The second-order valence-corrected chi connectivity index (χ2v) is 12.9. The van der Waals surface area contributed by atoms with Gasteiger partial charge >= 0.3 is 11.9 Å². The first kappa shape index (κ1) is 26.2. The van der Waals surface area contributed by atoms with E-state index in [0.717, 1.165) is 16.0 Å². The van der Waals surface area contributed by atoms with E-state index >= 15 is 0 Å². The lowest BCUT2D eigenvalue weighted by Crippen LogP contribution is -2.69. The minimum atomic E-state index is -0.715. The summed E-state index contributed by atoms with van der Waals surface area (Å²) in [6, 6.07) is 12.1. The van der Waals surface area contributed by atoms with Crippen LogP contribution >= 0.6 is 34.4 Å². The van der Waals surface area contributed by atoms with Crippen LogP contribution in [-0.4, -0.2) is 48.9 Å². The van der Waals surface area contributed by atoms with Gasteiger partial charge in [-0.1, -0.05) is 46.4 Å². The molecular formula is C28H28INO6S. The Balaban J connectivity index is 1.76. The van der Waals surface area contributed by atoms with Gasteiger partial charge in [0.25, 0.3) is 0 Å². The molecule has 1 fully saturated rings. The van der Waals surface area contributed by atoms with Crippen LogP contribution in [0.1, 0.15) is 42.2 Å². The van der Waals surface area contributed by atoms with Crippen LogP contribution < -0.4 is 9.47 Å². The number of alkyl halides is 1. The van der Waals surface area contributed by atoms with Crippen LogP contribution in [-0.2, 0) is 22.5 Å². The molecule has 0 aromatic heterocycles. The number of halogens is 1. The lowest BCUT2D eigenvalue weighted by molar-refractivity contribution is -0.134. The molecule has 1 aliphatic heterocycles. The largest absolute Gasteiger partial charge is 0.493 e. The predicted octanol–water partition coefficient (Wildman–Crippen LogP) is 5.12. The Bertz CT molecular complexity index is 1340. The quantitative estimate of drug-likeness (QED) is 0.194. The van der Waals surface area contributed by atoms with Gasteiger partial charge in [0, 0.05) is 48.7 Å². The number of Topliss-reactive ketones (excluding diaryl/α,β-unsaturated/α-hetero) is 1. The summed E-state index contributed by atoms with van der Waals surface area (Å²) < 4.78 is 16.1. The first-order valence-corrected chi connectivity index (χ1v) is 14.0. The van der Waals surface area contributed by atoms with E-state index in [4.69, 9.17) is 14.2 Å². The zero-order valence-electron chi connectivity index (χ0n) is 21.2. The second-order valence-electron chi connectivity index (χ2n) is 9.77. The highest BCUT2D eigenvalue weighted by Crippen LogP contribution is 2.67. The van der Waals surface area contributed by atoms with Crippen molar-refractivity contribution in [3.8, 4) is 11.5 Å². The molecule has 2 aromatic rings. The standard InChI is InChI=1S/C28H28INO6S/c1-14-7-6-8-17(11-14)37-27-18-9-10-21(35-15(2)31)26(36-16(3)32)23(18)28(29)13-20(33)22(34-5)12-19-24(28)25(27)30(19)4/h6-12,19,24-25,27H,13H2,1-5H3/t19?,24-,25-,27-,28-/m1/s1. The van der Waals surface area contributed by atoms with Gasteiger partial charge in [-0.2, -0.15) is 0 Å². The Labute approximate surface area is 234 Å². The van der Waals surface area contributed by atoms with Gasteiger partial charge in [0.05, 0.1) is 15.8 Å². The van der Waals surface area contributed by atoms with E-state index in [1.807, 2.05) is 18.2 Å². The second kappa shape index (κ2) is 9.74. The molecule has 9 heteroatoms. The number of hydrogen-bond donors (Lipinski definition) is 0. The molecule has 0 saturated carbocycles. The number of thioether (sulfide) groups is 1. The van der Waals surface area contributed by atoms with Crippen molar-refractivity contribution in [2.45, 2.75) is 52.8 Å². The number of carbonyl (C=O) groups is 3. The Hall–Kier alpha value is -2.37. The molecule has 7 nitrogen and oxygen atoms in total. The number of carbonyl (C=O) groups excluding carboxylic acids is 3. The number of esters is 2. The maximum Gasteiger partial charge on any atom is 0.308 e. The third-order valence-corrected chi connectivity index (χ3v) is 10.3. The fourth-order valence-electron chi connectivity index (χ4n) is 5.97. The third kappa shape index (κ3) is 4.38. The number of methoxy groups -OCH3 is 1. The van der Waals surface area contributed by atoms with Gasteiger partial charge in [0.1, 0.15) is 0 Å². The van der Waals surface area contributed by atoms with Crippen molar-refractivity contribution >= 4 is 52.1 Å². The molecule has 0 bridgehead atoms. The summed E-state index contributed by atoms with van der Waals surface area (Å²) in [4.78, 5) is 41.1. The minimum absolute atomic E-state index is 0.0146. The summed E-state index contributed by atoms with van der Waals surface area (Å²) in [5.74, 6) is -0.384. The molecule has 0 radical (unpaired) electrons. The normalized spacial score (nSPS) is 28.2. The molecule has 2 aliphatic carbocycles. The summed E-state index contributed by atoms with van der Waals surface area (Å²) in [6.45, 7) is 4.70. The van der Waals surface area contributed by atoms with Gasteiger partial charge in [0.15, 0.2) is 23.0 Å². The van der Waals surface area contributed by atoms with E-state index in [1.54, 1.807) is 17.8 Å². The number of allylic oxidation sites excluding steroid dienone is 1. The van der Waals surface area contributed by atoms with Crippen LogP contribution in [0.15, 0.2) is 53.1 Å². The van der Waals surface area contributed by atoms with Crippen molar-refractivity contribution in [2.24, 2.45) is 5.92 Å². The van der Waals surface area contributed by atoms with Crippen LogP contribution in [0.3, 0.4) is 0 Å². The highest BCUT2D eigenvalue weighted by Gasteiger charge is 2.65. The van der Waals surface area contributed by atoms with Crippen molar-refractivity contribution in [3.05, 3.63) is 64.9 Å². The number of benzene rings is 2. The fourth-order valence-corrected chi connectivity index (χ4v) is 9.14. The summed E-state index contributed by atoms with van der Waals surface area (Å²) in [5.41, 5.74) is 2.88. The Morgan fingerprint density at radius 1 is 1.14 bits per heavy atom. The number of ether oxygens (including phenoxy) is 3. The lowest BCUT2D eigenvalue weighted by atomic mass is 9.62. The first-order valence-electron chi connectivity index (χ1n) is 12.0. The molecule has 1 heterocycles. The van der Waals surface area contributed by atoms with E-state index in [-0.39, 0.29) is 47.0 Å². The van der Waals surface area contributed by atoms with Gasteiger partial charge in [-0.25, -0.2) is 0 Å². The predicted molar refractivity (Wildman–Crippen MR) is 148 cm³/mol. The number of likely N-dealkylation sites (N-methyl/N-ethyl adjacent to an activating group) is 1. The van der Waals surface area contributed by atoms with E-state index in [9.17, 15) is 14.4 Å². The van der Waals surface area contributed by atoms with Gasteiger partial charge in [-0.15, -0.1) is 11.8 Å². The number of fused-ring (bicyclic) bond motifs is 2. The zero-order chi connectivity index (χ0) is 26.6. The summed E-state index contributed by atoms with van der Waals surface area (Å²) >= 11 is 4.13. The van der Waals surface area contributed by atoms with E-state index in [2.05, 4.69) is 59.7 Å². The monoisotopic (exact) mass is 633 g/mol. The molecule has 3 aliphatic rings. The average Bonchev–Trinajstić information content (AvgIpc) is 2.91. The minimum Gasteiger partial charge on any atom is -0.493 e. The molecule has 0 spiro atoms. The molecule has 1 saturated heterocycles. The lowest BCUT2D eigenvalue weighted by Gasteiger charge is -2.63. The van der Waals surface area contributed by atoms with Gasteiger partial charge in [-0.05, 0) is 43.8 Å². The third-order valence-electron chi connectivity index (χ3n) is 7.38. The van der Waals surface area contributed by atoms with E-state index in [0.29, 0.717) is 5.76 Å². The number of rotatable bonds is 5.